The zero-order chi connectivity index (χ0) is 19.1. The van der Waals surface area contributed by atoms with Gasteiger partial charge in [0.25, 0.3) is 0 Å². The van der Waals surface area contributed by atoms with Gasteiger partial charge in [-0.25, -0.2) is 0 Å². The zero-order valence-electron chi connectivity index (χ0n) is 16.0. The number of hydrogen-bond donors (Lipinski definition) is 0. The van der Waals surface area contributed by atoms with Crippen LogP contribution >= 0.6 is 0 Å². The minimum absolute atomic E-state index is 0.0788. The van der Waals surface area contributed by atoms with Gasteiger partial charge in [-0.1, -0.05) is 12.1 Å². The molecule has 0 radical (unpaired) electrons. The maximum absolute atomic E-state index is 12.4. The minimum Gasteiger partial charge on any atom is -0.493 e. The van der Waals surface area contributed by atoms with E-state index in [4.69, 9.17) is 14.3 Å². The van der Waals surface area contributed by atoms with Crippen molar-refractivity contribution in [1.82, 2.24) is 4.57 Å². The molecule has 0 fully saturated rings. The SMILES string of the molecule is CCCn1c(C)cc(C(=O)CO/N=C/c2ccc(OC)c(OC)c2)c1C. The molecule has 0 saturated heterocycles. The third kappa shape index (κ3) is 4.45. The molecule has 1 heterocycles. The van der Waals surface area contributed by atoms with Crippen LogP contribution in [0.4, 0.5) is 0 Å². The van der Waals surface area contributed by atoms with E-state index in [0.29, 0.717) is 17.1 Å². The second kappa shape index (κ2) is 9.08. The monoisotopic (exact) mass is 358 g/mol. The van der Waals surface area contributed by atoms with Crippen LogP contribution < -0.4 is 9.47 Å². The first-order valence-electron chi connectivity index (χ1n) is 8.59. The number of aryl methyl sites for hydroxylation is 1. The smallest absolute Gasteiger partial charge is 0.204 e. The van der Waals surface area contributed by atoms with Crippen LogP contribution in [0.15, 0.2) is 29.4 Å². The number of hydrogen-bond acceptors (Lipinski definition) is 5. The first-order valence-corrected chi connectivity index (χ1v) is 8.59. The van der Waals surface area contributed by atoms with Crippen LogP contribution in [0.1, 0.15) is 40.7 Å². The van der Waals surface area contributed by atoms with Gasteiger partial charge >= 0.3 is 0 Å². The summed E-state index contributed by atoms with van der Waals surface area (Å²) in [6.45, 7) is 6.90. The topological polar surface area (TPSA) is 62.1 Å². The molecule has 0 amide bonds. The van der Waals surface area contributed by atoms with E-state index in [1.54, 1.807) is 26.4 Å². The standard InChI is InChI=1S/C20H26N2O4/c1-6-9-22-14(2)10-17(15(22)3)18(23)13-26-21-12-16-7-8-19(24-4)20(11-16)25-5/h7-8,10-12H,6,9,13H2,1-5H3/b21-12+. The minimum atomic E-state index is -0.0970. The van der Waals surface area contributed by atoms with Crippen molar-refractivity contribution in [3.8, 4) is 11.5 Å². The number of benzene rings is 1. The van der Waals surface area contributed by atoms with Gasteiger partial charge in [0, 0.05) is 29.1 Å². The Bertz CT molecular complexity index is 793. The molecule has 0 unspecified atom stereocenters. The van der Waals surface area contributed by atoms with E-state index in [9.17, 15) is 4.79 Å². The normalized spacial score (nSPS) is 11.0. The first kappa shape index (κ1) is 19.6. The second-order valence-electron chi connectivity index (χ2n) is 5.98. The third-order valence-corrected chi connectivity index (χ3v) is 4.20. The van der Waals surface area contributed by atoms with E-state index < -0.39 is 0 Å². The van der Waals surface area contributed by atoms with Crippen LogP contribution in [0.25, 0.3) is 0 Å². The molecule has 26 heavy (non-hydrogen) atoms. The van der Waals surface area contributed by atoms with Crippen LogP contribution in [0.2, 0.25) is 0 Å². The Kier molecular flexibility index (Phi) is 6.83. The highest BCUT2D eigenvalue weighted by atomic mass is 16.6. The molecule has 0 aliphatic carbocycles. The Morgan fingerprint density at radius 1 is 1.15 bits per heavy atom. The Morgan fingerprint density at radius 2 is 1.88 bits per heavy atom. The molecule has 1 aromatic heterocycles. The first-order chi connectivity index (χ1) is 12.5. The van der Waals surface area contributed by atoms with E-state index in [2.05, 4.69) is 16.6 Å². The van der Waals surface area contributed by atoms with Gasteiger partial charge in [0.1, 0.15) is 0 Å². The Balaban J connectivity index is 1.98. The van der Waals surface area contributed by atoms with Gasteiger partial charge in [0.05, 0.1) is 20.4 Å². The summed E-state index contributed by atoms with van der Waals surface area (Å²) >= 11 is 0. The van der Waals surface area contributed by atoms with Gasteiger partial charge in [-0.05, 0) is 44.5 Å². The lowest BCUT2D eigenvalue weighted by atomic mass is 10.1. The van der Waals surface area contributed by atoms with Crippen LogP contribution in [0.5, 0.6) is 11.5 Å². The molecule has 6 heteroatoms. The average molecular weight is 358 g/mol. The molecule has 0 atom stereocenters. The van der Waals surface area contributed by atoms with Crippen molar-refractivity contribution in [3.63, 3.8) is 0 Å². The lowest BCUT2D eigenvalue weighted by molar-refractivity contribution is 0.0778. The average Bonchev–Trinajstić information content (AvgIpc) is 2.93. The third-order valence-electron chi connectivity index (χ3n) is 4.20. The molecule has 2 aromatic rings. The van der Waals surface area contributed by atoms with Gasteiger partial charge in [-0.3, -0.25) is 4.79 Å². The lowest BCUT2D eigenvalue weighted by Crippen LogP contribution is -2.09. The Morgan fingerprint density at radius 3 is 2.54 bits per heavy atom. The number of rotatable bonds is 9. The van der Waals surface area contributed by atoms with Crippen molar-refractivity contribution in [1.29, 1.82) is 0 Å². The van der Waals surface area contributed by atoms with Crippen molar-refractivity contribution in [2.75, 3.05) is 20.8 Å². The fraction of sp³-hybridized carbons (Fsp3) is 0.400. The number of Topliss-reactive ketones (excluding diaryl/α,β-unsaturated/α-hetero) is 1. The number of aromatic nitrogens is 1. The van der Waals surface area contributed by atoms with Crippen molar-refractivity contribution in [2.45, 2.75) is 33.7 Å². The summed E-state index contributed by atoms with van der Waals surface area (Å²) in [7, 11) is 3.15. The van der Waals surface area contributed by atoms with E-state index in [1.807, 2.05) is 26.0 Å². The van der Waals surface area contributed by atoms with Crippen LogP contribution in [0.3, 0.4) is 0 Å². The number of carbonyl (C=O) groups excluding carboxylic acids is 1. The summed E-state index contributed by atoms with van der Waals surface area (Å²) in [4.78, 5) is 17.6. The van der Waals surface area contributed by atoms with E-state index in [1.165, 1.54) is 6.21 Å². The quantitative estimate of drug-likeness (QED) is 0.389. The number of methoxy groups -OCH3 is 2. The van der Waals surface area contributed by atoms with Crippen LogP contribution in [-0.2, 0) is 11.4 Å². The molecule has 0 saturated carbocycles. The predicted octanol–water partition coefficient (Wildman–Crippen LogP) is 3.77. The second-order valence-corrected chi connectivity index (χ2v) is 5.98. The summed E-state index contributed by atoms with van der Waals surface area (Å²) < 4.78 is 12.6. The van der Waals surface area contributed by atoms with Crippen molar-refractivity contribution in [2.24, 2.45) is 5.16 Å². The van der Waals surface area contributed by atoms with Crippen molar-refractivity contribution >= 4 is 12.0 Å². The maximum Gasteiger partial charge on any atom is 0.204 e. The van der Waals surface area contributed by atoms with Gasteiger partial charge in [0.2, 0.25) is 5.78 Å². The van der Waals surface area contributed by atoms with Gasteiger partial charge in [0.15, 0.2) is 18.1 Å². The van der Waals surface area contributed by atoms with E-state index in [0.717, 1.165) is 29.9 Å². The Labute approximate surface area is 154 Å². The fourth-order valence-electron chi connectivity index (χ4n) is 2.86. The lowest BCUT2D eigenvalue weighted by Gasteiger charge is -2.07. The van der Waals surface area contributed by atoms with Gasteiger partial charge in [-0.2, -0.15) is 0 Å². The number of oxime groups is 1. The maximum atomic E-state index is 12.4. The van der Waals surface area contributed by atoms with Crippen molar-refractivity contribution in [3.05, 3.63) is 46.8 Å². The summed E-state index contributed by atoms with van der Waals surface area (Å²) in [6.07, 6.45) is 2.56. The molecule has 0 aliphatic rings. The molecular weight excluding hydrogens is 332 g/mol. The number of ketones is 1. The number of ether oxygens (including phenoxy) is 2. The molecule has 0 N–H and O–H groups in total. The Hall–Kier alpha value is -2.76. The predicted molar refractivity (Wildman–Crippen MR) is 102 cm³/mol. The molecule has 0 spiro atoms. The van der Waals surface area contributed by atoms with Gasteiger partial charge in [-0.15, -0.1) is 0 Å². The molecule has 1 aromatic carbocycles. The molecule has 140 valence electrons. The van der Waals surface area contributed by atoms with E-state index >= 15 is 0 Å². The highest BCUT2D eigenvalue weighted by Gasteiger charge is 2.15. The molecule has 2 rings (SSSR count). The van der Waals surface area contributed by atoms with Crippen LogP contribution in [-0.4, -0.2) is 37.4 Å². The summed E-state index contributed by atoms with van der Waals surface area (Å²) in [5.41, 5.74) is 3.54. The molecular formula is C20H26N2O4. The van der Waals surface area contributed by atoms with Crippen LogP contribution in [0, 0.1) is 13.8 Å². The van der Waals surface area contributed by atoms with Crippen molar-refractivity contribution < 1.29 is 19.1 Å². The van der Waals surface area contributed by atoms with E-state index in [-0.39, 0.29) is 12.4 Å². The highest BCUT2D eigenvalue weighted by Crippen LogP contribution is 2.26. The zero-order valence-corrected chi connectivity index (χ0v) is 16.0. The molecule has 6 nitrogen and oxygen atoms in total. The fourth-order valence-corrected chi connectivity index (χ4v) is 2.86. The molecule has 0 bridgehead atoms. The largest absolute Gasteiger partial charge is 0.493 e. The number of carbonyl (C=O) groups is 1. The number of nitrogens with zero attached hydrogens (tertiary/aromatic N) is 2. The van der Waals surface area contributed by atoms with Gasteiger partial charge < -0.3 is 18.9 Å². The molecule has 0 aliphatic heterocycles. The summed E-state index contributed by atoms with van der Waals surface area (Å²) in [6, 6.07) is 7.31. The summed E-state index contributed by atoms with van der Waals surface area (Å²) in [5, 5.41) is 3.88. The summed E-state index contributed by atoms with van der Waals surface area (Å²) in [5.74, 6) is 1.17. The highest BCUT2D eigenvalue weighted by molar-refractivity contribution is 5.98.